The van der Waals surface area contributed by atoms with Crippen molar-refractivity contribution in [2.45, 2.75) is 72.3 Å². The minimum atomic E-state index is 0.405. The zero-order valence-electron chi connectivity index (χ0n) is 12.9. The topological polar surface area (TPSA) is 21.3 Å². The summed E-state index contributed by atoms with van der Waals surface area (Å²) in [6, 6.07) is 0. The summed E-state index contributed by atoms with van der Waals surface area (Å²) in [4.78, 5) is 0. The van der Waals surface area contributed by atoms with Crippen molar-refractivity contribution < 1.29 is 4.74 Å². The highest BCUT2D eigenvalue weighted by atomic mass is 16.5. The fourth-order valence-corrected chi connectivity index (χ4v) is 2.98. The van der Waals surface area contributed by atoms with E-state index in [-0.39, 0.29) is 0 Å². The fourth-order valence-electron chi connectivity index (χ4n) is 2.98. The van der Waals surface area contributed by atoms with Crippen LogP contribution < -0.4 is 5.32 Å². The molecule has 0 aromatic heterocycles. The quantitative estimate of drug-likeness (QED) is 0.629. The van der Waals surface area contributed by atoms with Crippen molar-refractivity contribution in [2.75, 3.05) is 19.7 Å². The highest BCUT2D eigenvalue weighted by Gasteiger charge is 2.40. The van der Waals surface area contributed by atoms with Crippen LogP contribution in [-0.2, 0) is 4.74 Å². The van der Waals surface area contributed by atoms with Crippen molar-refractivity contribution in [2.24, 2.45) is 11.3 Å². The van der Waals surface area contributed by atoms with Crippen LogP contribution in [0.5, 0.6) is 0 Å². The number of hydrogen-bond donors (Lipinski definition) is 1. The maximum Gasteiger partial charge on any atom is 0.0616 e. The van der Waals surface area contributed by atoms with E-state index in [4.69, 9.17) is 4.74 Å². The zero-order chi connectivity index (χ0) is 13.4. The van der Waals surface area contributed by atoms with E-state index in [0.29, 0.717) is 11.5 Å². The lowest BCUT2D eigenvalue weighted by molar-refractivity contribution is 0.0567. The summed E-state index contributed by atoms with van der Waals surface area (Å²) in [5, 5.41) is 3.66. The Balaban J connectivity index is 2.38. The fraction of sp³-hybridized carbons (Fsp3) is 1.00. The molecular formula is C16H33NO. The van der Waals surface area contributed by atoms with E-state index in [1.165, 1.54) is 38.5 Å². The third-order valence-corrected chi connectivity index (χ3v) is 4.39. The van der Waals surface area contributed by atoms with Gasteiger partial charge in [-0.15, -0.1) is 0 Å². The molecule has 1 fully saturated rings. The normalized spacial score (nSPS) is 28.2. The summed E-state index contributed by atoms with van der Waals surface area (Å²) in [5.74, 6) is 0.736. The van der Waals surface area contributed by atoms with Crippen LogP contribution >= 0.6 is 0 Å². The number of hydrogen-bond acceptors (Lipinski definition) is 2. The Hall–Kier alpha value is -0.0800. The minimum Gasteiger partial charge on any atom is -0.378 e. The molecule has 0 saturated carbocycles. The van der Waals surface area contributed by atoms with Gasteiger partial charge in [-0.05, 0) is 32.2 Å². The van der Waals surface area contributed by atoms with Gasteiger partial charge in [0.25, 0.3) is 0 Å². The Morgan fingerprint density at radius 2 is 2.06 bits per heavy atom. The Labute approximate surface area is 114 Å². The van der Waals surface area contributed by atoms with Gasteiger partial charge in [-0.1, -0.05) is 46.5 Å². The average molecular weight is 255 g/mol. The second kappa shape index (κ2) is 8.16. The Morgan fingerprint density at radius 1 is 1.28 bits per heavy atom. The van der Waals surface area contributed by atoms with Crippen LogP contribution in [0.2, 0.25) is 0 Å². The lowest BCUT2D eigenvalue weighted by Crippen LogP contribution is -2.40. The first-order valence-corrected chi connectivity index (χ1v) is 7.93. The molecule has 18 heavy (non-hydrogen) atoms. The third-order valence-electron chi connectivity index (χ3n) is 4.39. The average Bonchev–Trinajstić information content (AvgIpc) is 2.67. The highest BCUT2D eigenvalue weighted by Crippen LogP contribution is 2.39. The number of unbranched alkanes of at least 4 members (excludes halogenated alkanes) is 3. The van der Waals surface area contributed by atoms with Gasteiger partial charge < -0.3 is 10.1 Å². The van der Waals surface area contributed by atoms with E-state index in [0.717, 1.165) is 25.6 Å². The van der Waals surface area contributed by atoms with Gasteiger partial charge in [-0.2, -0.15) is 0 Å². The van der Waals surface area contributed by atoms with Gasteiger partial charge in [0, 0.05) is 18.6 Å². The molecule has 0 bridgehead atoms. The third kappa shape index (κ3) is 4.89. The summed E-state index contributed by atoms with van der Waals surface area (Å²) < 4.78 is 5.84. The van der Waals surface area contributed by atoms with E-state index in [2.05, 4.69) is 33.0 Å². The summed E-state index contributed by atoms with van der Waals surface area (Å²) in [5.41, 5.74) is 0.405. The molecule has 0 radical (unpaired) electrons. The monoisotopic (exact) mass is 255 g/mol. The molecule has 1 rings (SSSR count). The highest BCUT2D eigenvalue weighted by molar-refractivity contribution is 4.91. The minimum absolute atomic E-state index is 0.405. The van der Waals surface area contributed by atoms with Crippen molar-refractivity contribution in [1.29, 1.82) is 0 Å². The van der Waals surface area contributed by atoms with Crippen LogP contribution in [-0.4, -0.2) is 25.8 Å². The first-order valence-electron chi connectivity index (χ1n) is 7.93. The number of nitrogens with one attached hydrogen (secondary N) is 1. The molecule has 1 aliphatic heterocycles. The summed E-state index contributed by atoms with van der Waals surface area (Å²) in [6.07, 6.45) is 8.46. The lowest BCUT2D eigenvalue weighted by Gasteiger charge is -2.33. The first-order chi connectivity index (χ1) is 8.60. The largest absolute Gasteiger partial charge is 0.378 e. The molecule has 0 amide bonds. The molecule has 0 aromatic carbocycles. The molecule has 108 valence electrons. The van der Waals surface area contributed by atoms with Crippen molar-refractivity contribution in [1.82, 2.24) is 5.32 Å². The van der Waals surface area contributed by atoms with Crippen molar-refractivity contribution in [3.63, 3.8) is 0 Å². The molecule has 0 aromatic rings. The van der Waals surface area contributed by atoms with Crippen molar-refractivity contribution >= 4 is 0 Å². The molecule has 2 atom stereocenters. The van der Waals surface area contributed by atoms with E-state index in [1.807, 2.05) is 0 Å². The van der Waals surface area contributed by atoms with Gasteiger partial charge in [-0.25, -0.2) is 0 Å². The maximum absolute atomic E-state index is 5.84. The summed E-state index contributed by atoms with van der Waals surface area (Å²) >= 11 is 0. The Kier molecular flexibility index (Phi) is 7.25. The van der Waals surface area contributed by atoms with Crippen LogP contribution in [0, 0.1) is 11.3 Å². The number of ether oxygens (including phenoxy) is 1. The molecule has 0 spiro atoms. The van der Waals surface area contributed by atoms with Gasteiger partial charge in [-0.3, -0.25) is 0 Å². The van der Waals surface area contributed by atoms with Crippen LogP contribution in [0.3, 0.4) is 0 Å². The first kappa shape index (κ1) is 16.0. The molecule has 2 nitrogen and oxygen atoms in total. The Morgan fingerprint density at radius 3 is 2.61 bits per heavy atom. The number of rotatable bonds is 9. The maximum atomic E-state index is 5.84. The molecule has 1 heterocycles. The second-order valence-electron chi connectivity index (χ2n) is 6.46. The summed E-state index contributed by atoms with van der Waals surface area (Å²) in [6.45, 7) is 12.3. The van der Waals surface area contributed by atoms with Crippen LogP contribution in [0.25, 0.3) is 0 Å². The van der Waals surface area contributed by atoms with E-state index in [1.54, 1.807) is 0 Å². The van der Waals surface area contributed by atoms with Crippen LogP contribution in [0.15, 0.2) is 0 Å². The van der Waals surface area contributed by atoms with E-state index >= 15 is 0 Å². The van der Waals surface area contributed by atoms with Gasteiger partial charge in [0.1, 0.15) is 0 Å². The van der Waals surface area contributed by atoms with E-state index in [9.17, 15) is 0 Å². The molecular weight excluding hydrogens is 222 g/mol. The van der Waals surface area contributed by atoms with Crippen LogP contribution in [0.1, 0.15) is 66.2 Å². The van der Waals surface area contributed by atoms with Gasteiger partial charge >= 0.3 is 0 Å². The zero-order valence-corrected chi connectivity index (χ0v) is 12.9. The molecule has 2 heteroatoms. The smallest absolute Gasteiger partial charge is 0.0616 e. The van der Waals surface area contributed by atoms with Gasteiger partial charge in [0.15, 0.2) is 0 Å². The Bertz CT molecular complexity index is 217. The standard InChI is InChI=1S/C16H33NO/c1-5-6-7-8-9-16(10-11-18-15(16)4)13-17-12-14(2)3/h14-15,17H,5-13H2,1-4H3. The second-order valence-corrected chi connectivity index (χ2v) is 6.46. The molecule has 2 unspecified atom stereocenters. The van der Waals surface area contributed by atoms with Crippen LogP contribution in [0.4, 0.5) is 0 Å². The predicted octanol–water partition coefficient (Wildman–Crippen LogP) is 4.00. The predicted molar refractivity (Wildman–Crippen MR) is 78.9 cm³/mol. The molecule has 1 aliphatic rings. The van der Waals surface area contributed by atoms with E-state index < -0.39 is 0 Å². The van der Waals surface area contributed by atoms with Gasteiger partial charge in [0.05, 0.1) is 6.10 Å². The SMILES string of the molecule is CCCCCCC1(CNCC(C)C)CCOC1C. The molecule has 1 saturated heterocycles. The van der Waals surface area contributed by atoms with Crippen molar-refractivity contribution in [3.05, 3.63) is 0 Å². The molecule has 0 aliphatic carbocycles. The lowest BCUT2D eigenvalue weighted by atomic mass is 9.77. The molecule has 1 N–H and O–H groups in total. The van der Waals surface area contributed by atoms with Crippen molar-refractivity contribution in [3.8, 4) is 0 Å². The summed E-state index contributed by atoms with van der Waals surface area (Å²) in [7, 11) is 0. The van der Waals surface area contributed by atoms with Gasteiger partial charge in [0.2, 0.25) is 0 Å².